The Hall–Kier alpha value is -1.62. The van der Waals surface area contributed by atoms with Crippen molar-refractivity contribution in [3.8, 4) is 0 Å². The van der Waals surface area contributed by atoms with Gasteiger partial charge in [-0.15, -0.1) is 0 Å². The van der Waals surface area contributed by atoms with Crippen LogP contribution in [-0.2, 0) is 11.2 Å². The van der Waals surface area contributed by atoms with Crippen molar-refractivity contribution < 1.29 is 18.7 Å². The van der Waals surface area contributed by atoms with Gasteiger partial charge >= 0.3 is 0 Å². The fraction of sp³-hybridized carbons (Fsp3) is 0.700. The van der Waals surface area contributed by atoms with Crippen LogP contribution in [0.2, 0.25) is 0 Å². The van der Waals surface area contributed by atoms with Gasteiger partial charge in [-0.2, -0.15) is 0 Å². The average molecular weight is 345 g/mol. The zero-order chi connectivity index (χ0) is 17.8. The highest BCUT2D eigenvalue weighted by Crippen LogP contribution is 2.39. The normalized spacial score (nSPS) is 25.1. The van der Waals surface area contributed by atoms with Gasteiger partial charge in [0.25, 0.3) is 5.91 Å². The molecular weight excluding hydrogens is 318 g/mol. The van der Waals surface area contributed by atoms with E-state index < -0.39 is 0 Å². The van der Waals surface area contributed by atoms with Crippen molar-refractivity contribution in [2.75, 3.05) is 19.8 Å². The maximum absolute atomic E-state index is 13.2. The zero-order valence-electron chi connectivity index (χ0n) is 15.4. The summed E-state index contributed by atoms with van der Waals surface area (Å²) in [4.78, 5) is 27.7. The Bertz CT molecular complexity index is 708. The predicted molar refractivity (Wildman–Crippen MR) is 92.9 cm³/mol. The van der Waals surface area contributed by atoms with E-state index in [1.165, 1.54) is 0 Å². The molecule has 1 atom stereocenters. The largest absolute Gasteiger partial charge is 0.455 e. The Balaban J connectivity index is 1.62. The topological polar surface area (TPSA) is 59.8 Å². The molecule has 0 aromatic carbocycles. The van der Waals surface area contributed by atoms with Gasteiger partial charge in [0.2, 0.25) is 0 Å². The van der Waals surface area contributed by atoms with Crippen LogP contribution < -0.4 is 0 Å². The Morgan fingerprint density at radius 1 is 1.24 bits per heavy atom. The van der Waals surface area contributed by atoms with Crippen LogP contribution in [0.1, 0.15) is 71.8 Å². The number of amides is 1. The molecule has 4 rings (SSSR count). The third-order valence-corrected chi connectivity index (χ3v) is 5.70. The molecule has 5 nitrogen and oxygen atoms in total. The molecule has 1 aromatic rings. The van der Waals surface area contributed by atoms with Gasteiger partial charge < -0.3 is 14.1 Å². The molecule has 1 amide bonds. The second-order valence-corrected chi connectivity index (χ2v) is 8.71. The minimum atomic E-state index is -0.105. The van der Waals surface area contributed by atoms with Gasteiger partial charge in [0.1, 0.15) is 5.76 Å². The van der Waals surface area contributed by atoms with Crippen molar-refractivity contribution in [3.63, 3.8) is 0 Å². The second-order valence-electron chi connectivity index (χ2n) is 8.71. The molecule has 136 valence electrons. The molecule has 0 radical (unpaired) electrons. The molecule has 2 heterocycles. The van der Waals surface area contributed by atoms with Gasteiger partial charge in [-0.3, -0.25) is 9.59 Å². The molecule has 0 N–H and O–H groups in total. The zero-order valence-corrected chi connectivity index (χ0v) is 15.4. The number of furan rings is 1. The van der Waals surface area contributed by atoms with Gasteiger partial charge in [0.15, 0.2) is 11.5 Å². The van der Waals surface area contributed by atoms with Gasteiger partial charge in [-0.25, -0.2) is 0 Å². The third kappa shape index (κ3) is 3.14. The van der Waals surface area contributed by atoms with E-state index in [0.717, 1.165) is 44.6 Å². The summed E-state index contributed by atoms with van der Waals surface area (Å²) < 4.78 is 11.4. The van der Waals surface area contributed by atoms with Crippen LogP contribution in [0.3, 0.4) is 0 Å². The number of fused-ring (bicyclic) bond motifs is 1. The number of Topliss-reactive ketones (excluding diaryl/α,β-unsaturated/α-hetero) is 1. The number of carbonyl (C=O) groups is 2. The van der Waals surface area contributed by atoms with E-state index >= 15 is 0 Å². The Kier molecular flexibility index (Phi) is 4.02. The smallest absolute Gasteiger partial charge is 0.290 e. The number of ether oxygens (including phenoxy) is 1. The van der Waals surface area contributed by atoms with E-state index in [1.807, 2.05) is 11.8 Å². The summed E-state index contributed by atoms with van der Waals surface area (Å²) in [6.07, 6.45) is 4.36. The van der Waals surface area contributed by atoms with Crippen LogP contribution in [0.25, 0.3) is 0 Å². The van der Waals surface area contributed by atoms with E-state index in [1.54, 1.807) is 0 Å². The quantitative estimate of drug-likeness (QED) is 0.839. The Morgan fingerprint density at radius 2 is 2.00 bits per heavy atom. The number of nitrogens with zero attached hydrogens (tertiary/aromatic N) is 1. The minimum Gasteiger partial charge on any atom is -0.455 e. The van der Waals surface area contributed by atoms with Crippen LogP contribution in [0.4, 0.5) is 0 Å². The van der Waals surface area contributed by atoms with E-state index in [0.29, 0.717) is 41.9 Å². The van der Waals surface area contributed by atoms with E-state index in [9.17, 15) is 9.59 Å². The molecule has 3 aliphatic rings. The molecule has 1 saturated carbocycles. The molecule has 0 spiro atoms. The van der Waals surface area contributed by atoms with Crippen molar-refractivity contribution >= 4 is 11.7 Å². The maximum Gasteiger partial charge on any atom is 0.290 e. The number of ketones is 1. The molecule has 1 aliphatic heterocycles. The Labute approximate surface area is 148 Å². The van der Waals surface area contributed by atoms with Crippen molar-refractivity contribution in [1.29, 1.82) is 0 Å². The summed E-state index contributed by atoms with van der Waals surface area (Å²) in [5.41, 5.74) is 1.28. The summed E-state index contributed by atoms with van der Waals surface area (Å²) >= 11 is 0. The molecule has 25 heavy (non-hydrogen) atoms. The lowest BCUT2D eigenvalue weighted by atomic mass is 9.76. The highest BCUT2D eigenvalue weighted by atomic mass is 16.5. The fourth-order valence-corrected chi connectivity index (χ4v) is 4.21. The fourth-order valence-electron chi connectivity index (χ4n) is 4.21. The van der Waals surface area contributed by atoms with E-state index in [-0.39, 0.29) is 17.1 Å². The summed E-state index contributed by atoms with van der Waals surface area (Å²) in [6.45, 7) is 8.25. The van der Waals surface area contributed by atoms with Crippen molar-refractivity contribution in [2.45, 2.75) is 58.9 Å². The van der Waals surface area contributed by atoms with E-state index in [2.05, 4.69) is 13.8 Å². The summed E-state index contributed by atoms with van der Waals surface area (Å²) in [7, 11) is 0. The first-order valence-electron chi connectivity index (χ1n) is 9.40. The molecule has 2 fully saturated rings. The maximum atomic E-state index is 13.2. The van der Waals surface area contributed by atoms with Gasteiger partial charge in [0, 0.05) is 43.5 Å². The molecule has 1 aromatic heterocycles. The van der Waals surface area contributed by atoms with Crippen LogP contribution in [0.15, 0.2) is 4.42 Å². The first-order valence-corrected chi connectivity index (χ1v) is 9.40. The minimum absolute atomic E-state index is 0.0492. The lowest BCUT2D eigenvalue weighted by molar-refractivity contribution is 0.0668. The lowest BCUT2D eigenvalue weighted by Crippen LogP contribution is -2.37. The van der Waals surface area contributed by atoms with Crippen LogP contribution in [-0.4, -0.2) is 42.4 Å². The molecule has 0 unspecified atom stereocenters. The highest BCUT2D eigenvalue weighted by molar-refractivity contribution is 6.03. The third-order valence-electron chi connectivity index (χ3n) is 5.70. The first kappa shape index (κ1) is 16.8. The monoisotopic (exact) mass is 345 g/mol. The Morgan fingerprint density at radius 3 is 2.64 bits per heavy atom. The molecule has 0 bridgehead atoms. The number of carbonyl (C=O) groups excluding carboxylic acids is 2. The average Bonchev–Trinajstić information content (AvgIpc) is 3.13. The second kappa shape index (κ2) is 5.97. The molecule has 2 aliphatic carbocycles. The number of hydrogen-bond donors (Lipinski definition) is 0. The predicted octanol–water partition coefficient (Wildman–Crippen LogP) is 3.38. The van der Waals surface area contributed by atoms with Crippen molar-refractivity contribution in [2.24, 2.45) is 11.3 Å². The van der Waals surface area contributed by atoms with E-state index in [4.69, 9.17) is 9.15 Å². The lowest BCUT2D eigenvalue weighted by Gasteiger charge is -2.27. The van der Waals surface area contributed by atoms with Crippen molar-refractivity contribution in [1.82, 2.24) is 4.90 Å². The number of hydrogen-bond acceptors (Lipinski definition) is 4. The number of rotatable bonds is 4. The standard InChI is InChI=1S/C20H27NO4/c1-12-17-15(22)8-20(2,3)9-16(17)25-18(12)19(23)21(14-4-5-14)10-13-6-7-24-11-13/h13-14H,4-11H2,1-3H3/t13-/m0/s1. The molecule has 1 saturated heterocycles. The van der Waals surface area contributed by atoms with Crippen molar-refractivity contribution in [3.05, 3.63) is 22.6 Å². The van der Waals surface area contributed by atoms with Gasteiger partial charge in [0.05, 0.1) is 12.2 Å². The first-order chi connectivity index (χ1) is 11.9. The highest BCUT2D eigenvalue weighted by Gasteiger charge is 2.41. The molecular formula is C20H27NO4. The van der Waals surface area contributed by atoms with Gasteiger partial charge in [-0.05, 0) is 31.6 Å². The summed E-state index contributed by atoms with van der Waals surface area (Å²) in [5.74, 6) is 1.54. The van der Waals surface area contributed by atoms with Crippen LogP contribution in [0.5, 0.6) is 0 Å². The summed E-state index contributed by atoms with van der Waals surface area (Å²) in [6, 6.07) is 0.321. The van der Waals surface area contributed by atoms with Crippen LogP contribution in [0, 0.1) is 18.3 Å². The summed E-state index contributed by atoms with van der Waals surface area (Å²) in [5, 5.41) is 0. The molecule has 5 heteroatoms. The SMILES string of the molecule is Cc1c(C(=O)N(C[C@@H]2CCOC2)C2CC2)oc2c1C(=O)CC(C)(C)C2. The van der Waals surface area contributed by atoms with Gasteiger partial charge in [-0.1, -0.05) is 13.8 Å². The van der Waals surface area contributed by atoms with Crippen LogP contribution >= 0.6 is 0 Å².